The molecular formula is C22H30N4O3. The molecule has 1 aliphatic heterocycles. The number of anilines is 1. The Labute approximate surface area is 171 Å². The first kappa shape index (κ1) is 21.0. The second kappa shape index (κ2) is 9.69. The molecule has 0 aliphatic carbocycles. The third kappa shape index (κ3) is 5.44. The van der Waals surface area contributed by atoms with Gasteiger partial charge in [0.15, 0.2) is 0 Å². The number of likely N-dealkylation sites (tertiary alicyclic amines) is 1. The zero-order chi connectivity index (χ0) is 20.8. The lowest BCUT2D eigenvalue weighted by Crippen LogP contribution is -2.36. The van der Waals surface area contributed by atoms with Crippen molar-refractivity contribution in [3.8, 4) is 17.1 Å². The van der Waals surface area contributed by atoms with E-state index in [2.05, 4.69) is 20.2 Å². The van der Waals surface area contributed by atoms with E-state index in [0.29, 0.717) is 47.2 Å². The lowest BCUT2D eigenvalue weighted by atomic mass is 10.1. The van der Waals surface area contributed by atoms with Crippen LogP contribution in [0, 0.1) is 13.8 Å². The van der Waals surface area contributed by atoms with Gasteiger partial charge < -0.3 is 15.0 Å². The number of ether oxygens (including phenoxy) is 1. The van der Waals surface area contributed by atoms with E-state index in [1.165, 1.54) is 6.42 Å². The van der Waals surface area contributed by atoms with E-state index < -0.39 is 0 Å². The average molecular weight is 399 g/mol. The van der Waals surface area contributed by atoms with E-state index in [1.807, 2.05) is 32.0 Å². The molecule has 0 saturated carbocycles. The molecular weight excluding hydrogens is 368 g/mol. The van der Waals surface area contributed by atoms with Crippen molar-refractivity contribution >= 4 is 11.6 Å². The Bertz CT molecular complexity index is 917. The van der Waals surface area contributed by atoms with E-state index in [1.54, 1.807) is 6.92 Å². The molecule has 156 valence electrons. The standard InChI is InChI=1S/C22H30N4O3/c1-4-12-29-19-9-8-17(24-20(27)14-26-10-6-5-7-11-26)13-18(19)21-23-16(3)15(2)22(28)25-21/h8-9,13H,4-7,10-12,14H2,1-3H3,(H,24,27)(H,23,25,28). The van der Waals surface area contributed by atoms with Gasteiger partial charge in [0.05, 0.1) is 18.7 Å². The zero-order valence-electron chi connectivity index (χ0n) is 17.5. The molecule has 0 spiro atoms. The third-order valence-electron chi connectivity index (χ3n) is 5.19. The number of nitrogens with one attached hydrogen (secondary N) is 2. The SMILES string of the molecule is CCCOc1ccc(NC(=O)CN2CCCCC2)cc1-c1nc(C)c(C)c(=O)[nH]1. The number of benzene rings is 1. The topological polar surface area (TPSA) is 87.3 Å². The number of aromatic nitrogens is 2. The fourth-order valence-corrected chi connectivity index (χ4v) is 3.42. The summed E-state index contributed by atoms with van der Waals surface area (Å²) in [6, 6.07) is 5.45. The van der Waals surface area contributed by atoms with Crippen molar-refractivity contribution in [1.82, 2.24) is 14.9 Å². The van der Waals surface area contributed by atoms with Gasteiger partial charge in [0, 0.05) is 16.9 Å². The lowest BCUT2D eigenvalue weighted by molar-refractivity contribution is -0.117. The Morgan fingerprint density at radius 1 is 1.24 bits per heavy atom. The minimum Gasteiger partial charge on any atom is -0.493 e. The Hall–Kier alpha value is -2.67. The summed E-state index contributed by atoms with van der Waals surface area (Å²) >= 11 is 0. The fraction of sp³-hybridized carbons (Fsp3) is 0.500. The van der Waals surface area contributed by atoms with Crippen molar-refractivity contribution in [1.29, 1.82) is 0 Å². The highest BCUT2D eigenvalue weighted by atomic mass is 16.5. The van der Waals surface area contributed by atoms with Gasteiger partial charge in [0.2, 0.25) is 5.91 Å². The van der Waals surface area contributed by atoms with Crippen LogP contribution in [0.15, 0.2) is 23.0 Å². The highest BCUT2D eigenvalue weighted by Gasteiger charge is 2.16. The van der Waals surface area contributed by atoms with Gasteiger partial charge in [-0.25, -0.2) is 4.98 Å². The zero-order valence-corrected chi connectivity index (χ0v) is 17.5. The van der Waals surface area contributed by atoms with Crippen LogP contribution in [0.2, 0.25) is 0 Å². The Balaban J connectivity index is 1.85. The number of aryl methyl sites for hydroxylation is 1. The number of aromatic amines is 1. The molecule has 2 heterocycles. The predicted molar refractivity (Wildman–Crippen MR) is 114 cm³/mol. The molecule has 1 aliphatic rings. The van der Waals surface area contributed by atoms with Gasteiger partial charge >= 0.3 is 0 Å². The number of nitrogens with zero attached hydrogens (tertiary/aromatic N) is 2. The van der Waals surface area contributed by atoms with E-state index in [0.717, 1.165) is 32.4 Å². The molecule has 0 bridgehead atoms. The van der Waals surface area contributed by atoms with Crippen LogP contribution in [0.5, 0.6) is 5.75 Å². The van der Waals surface area contributed by atoms with Crippen molar-refractivity contribution in [2.45, 2.75) is 46.5 Å². The molecule has 3 rings (SSSR count). The van der Waals surface area contributed by atoms with Crippen LogP contribution in [0.4, 0.5) is 5.69 Å². The van der Waals surface area contributed by atoms with E-state index in [4.69, 9.17) is 4.74 Å². The molecule has 2 N–H and O–H groups in total. The minimum absolute atomic E-state index is 0.0402. The van der Waals surface area contributed by atoms with E-state index >= 15 is 0 Å². The number of carbonyl (C=O) groups is 1. The quantitative estimate of drug-likeness (QED) is 0.747. The first-order valence-corrected chi connectivity index (χ1v) is 10.3. The molecule has 0 radical (unpaired) electrons. The normalized spacial score (nSPS) is 14.6. The number of hydrogen-bond donors (Lipinski definition) is 2. The number of hydrogen-bond acceptors (Lipinski definition) is 5. The monoisotopic (exact) mass is 398 g/mol. The number of piperidine rings is 1. The molecule has 0 unspecified atom stereocenters. The molecule has 1 amide bonds. The Kier molecular flexibility index (Phi) is 7.04. The van der Waals surface area contributed by atoms with Crippen LogP contribution in [0.1, 0.15) is 43.9 Å². The van der Waals surface area contributed by atoms with Crippen molar-refractivity contribution in [2.75, 3.05) is 31.6 Å². The molecule has 0 atom stereocenters. The summed E-state index contributed by atoms with van der Waals surface area (Å²) in [5.74, 6) is 1.03. The Morgan fingerprint density at radius 3 is 2.69 bits per heavy atom. The molecule has 7 heteroatoms. The second-order valence-corrected chi connectivity index (χ2v) is 7.57. The van der Waals surface area contributed by atoms with Crippen LogP contribution in [-0.2, 0) is 4.79 Å². The van der Waals surface area contributed by atoms with E-state index in [9.17, 15) is 9.59 Å². The van der Waals surface area contributed by atoms with Gasteiger partial charge in [-0.05, 0) is 64.4 Å². The minimum atomic E-state index is -0.173. The summed E-state index contributed by atoms with van der Waals surface area (Å²) in [5.41, 5.74) is 2.41. The molecule has 1 fully saturated rings. The lowest BCUT2D eigenvalue weighted by Gasteiger charge is -2.25. The van der Waals surface area contributed by atoms with Gasteiger partial charge in [-0.3, -0.25) is 14.5 Å². The van der Waals surface area contributed by atoms with Crippen LogP contribution < -0.4 is 15.6 Å². The second-order valence-electron chi connectivity index (χ2n) is 7.57. The first-order chi connectivity index (χ1) is 14.0. The summed E-state index contributed by atoms with van der Waals surface area (Å²) < 4.78 is 5.85. The average Bonchev–Trinajstić information content (AvgIpc) is 2.71. The number of amides is 1. The van der Waals surface area contributed by atoms with Crippen LogP contribution in [0.3, 0.4) is 0 Å². The van der Waals surface area contributed by atoms with Gasteiger partial charge in [0.1, 0.15) is 11.6 Å². The molecule has 1 aromatic heterocycles. The van der Waals surface area contributed by atoms with Gasteiger partial charge in [0.25, 0.3) is 5.56 Å². The van der Waals surface area contributed by atoms with Crippen LogP contribution in [0.25, 0.3) is 11.4 Å². The predicted octanol–water partition coefficient (Wildman–Crippen LogP) is 3.27. The van der Waals surface area contributed by atoms with Gasteiger partial charge in [-0.2, -0.15) is 0 Å². The summed E-state index contributed by atoms with van der Waals surface area (Å²) in [4.78, 5) is 34.3. The molecule has 7 nitrogen and oxygen atoms in total. The molecule has 1 aromatic carbocycles. The van der Waals surface area contributed by atoms with Gasteiger partial charge in [-0.1, -0.05) is 13.3 Å². The largest absolute Gasteiger partial charge is 0.493 e. The molecule has 2 aromatic rings. The maximum absolute atomic E-state index is 12.5. The van der Waals surface area contributed by atoms with Crippen molar-refractivity contribution in [3.63, 3.8) is 0 Å². The summed E-state index contributed by atoms with van der Waals surface area (Å²) in [5, 5.41) is 2.97. The number of H-pyrrole nitrogens is 1. The third-order valence-corrected chi connectivity index (χ3v) is 5.19. The van der Waals surface area contributed by atoms with Crippen LogP contribution >= 0.6 is 0 Å². The van der Waals surface area contributed by atoms with E-state index in [-0.39, 0.29) is 11.5 Å². The van der Waals surface area contributed by atoms with Crippen molar-refractivity contribution < 1.29 is 9.53 Å². The summed E-state index contributed by atoms with van der Waals surface area (Å²) in [6.07, 6.45) is 4.39. The number of rotatable bonds is 7. The van der Waals surface area contributed by atoms with Crippen LogP contribution in [-0.4, -0.2) is 47.0 Å². The maximum atomic E-state index is 12.5. The summed E-state index contributed by atoms with van der Waals surface area (Å²) in [7, 11) is 0. The smallest absolute Gasteiger partial charge is 0.254 e. The summed E-state index contributed by atoms with van der Waals surface area (Å²) in [6.45, 7) is 8.48. The fourth-order valence-electron chi connectivity index (χ4n) is 3.42. The molecule has 29 heavy (non-hydrogen) atoms. The van der Waals surface area contributed by atoms with Crippen molar-refractivity contribution in [2.24, 2.45) is 0 Å². The molecule has 1 saturated heterocycles. The highest BCUT2D eigenvalue weighted by molar-refractivity contribution is 5.93. The Morgan fingerprint density at radius 2 is 2.00 bits per heavy atom. The number of carbonyl (C=O) groups excluding carboxylic acids is 1. The van der Waals surface area contributed by atoms with Crippen molar-refractivity contribution in [3.05, 3.63) is 39.8 Å². The maximum Gasteiger partial charge on any atom is 0.254 e. The van der Waals surface area contributed by atoms with Gasteiger partial charge in [-0.15, -0.1) is 0 Å². The highest BCUT2D eigenvalue weighted by Crippen LogP contribution is 2.31. The first-order valence-electron chi connectivity index (χ1n) is 10.3.